The van der Waals surface area contributed by atoms with Gasteiger partial charge >= 0.3 is 5.97 Å². The molecule has 0 unspecified atom stereocenters. The highest BCUT2D eigenvalue weighted by Gasteiger charge is 2.16. The van der Waals surface area contributed by atoms with Crippen molar-refractivity contribution in [3.05, 3.63) is 10.6 Å². The molecule has 0 saturated carbocycles. The molecule has 0 aromatic heterocycles. The highest BCUT2D eigenvalue weighted by Crippen LogP contribution is 2.22. The van der Waals surface area contributed by atoms with Crippen LogP contribution in [0.15, 0.2) is 10.6 Å². The zero-order valence-corrected chi connectivity index (χ0v) is 7.46. The fraction of sp³-hybridized carbons (Fsp3) is 0.571. The maximum Gasteiger partial charge on any atom is 0.346 e. The number of carbonyl (C=O) groups excluding carboxylic acids is 1. The second-order valence-corrected chi connectivity index (χ2v) is 3.33. The number of esters is 1. The van der Waals surface area contributed by atoms with Crippen LogP contribution in [0.3, 0.4) is 0 Å². The maximum absolute atomic E-state index is 11.0. The number of carbonyl (C=O) groups is 1. The summed E-state index contributed by atoms with van der Waals surface area (Å²) >= 11 is 1.55. The minimum Gasteiger partial charge on any atom is -0.465 e. The van der Waals surface area contributed by atoms with Crippen molar-refractivity contribution in [1.29, 1.82) is 0 Å². The Morgan fingerprint density at radius 2 is 2.45 bits per heavy atom. The Bertz CT molecular complexity index is 201. The molecule has 0 aromatic carbocycles. The van der Waals surface area contributed by atoms with Gasteiger partial charge in [-0.05, 0) is 6.92 Å². The molecule has 1 heterocycles. The van der Waals surface area contributed by atoms with Crippen molar-refractivity contribution in [2.45, 2.75) is 6.92 Å². The van der Waals surface area contributed by atoms with Gasteiger partial charge in [0.2, 0.25) is 0 Å². The van der Waals surface area contributed by atoms with E-state index in [1.54, 1.807) is 11.8 Å². The Morgan fingerprint density at radius 1 is 1.73 bits per heavy atom. The van der Waals surface area contributed by atoms with E-state index in [1.165, 1.54) is 7.11 Å². The first kappa shape index (κ1) is 8.46. The van der Waals surface area contributed by atoms with Crippen molar-refractivity contribution in [2.24, 2.45) is 0 Å². The molecule has 3 nitrogen and oxygen atoms in total. The van der Waals surface area contributed by atoms with Gasteiger partial charge in [0, 0.05) is 18.0 Å². The Morgan fingerprint density at radius 3 is 3.00 bits per heavy atom. The van der Waals surface area contributed by atoms with Crippen LogP contribution in [0.25, 0.3) is 0 Å². The van der Waals surface area contributed by atoms with Gasteiger partial charge in [-0.3, -0.25) is 0 Å². The lowest BCUT2D eigenvalue weighted by atomic mass is 10.4. The fourth-order valence-corrected chi connectivity index (χ4v) is 1.78. The highest BCUT2D eigenvalue weighted by molar-refractivity contribution is 8.04. The molecule has 1 rings (SSSR count). The van der Waals surface area contributed by atoms with Gasteiger partial charge in [0.05, 0.1) is 7.11 Å². The molecule has 0 aromatic rings. The SMILES string of the molecule is COC(=O)C1=C(C)NCCS1. The van der Waals surface area contributed by atoms with Crippen LogP contribution in [-0.2, 0) is 9.53 Å². The third-order valence-corrected chi connectivity index (χ3v) is 2.62. The summed E-state index contributed by atoms with van der Waals surface area (Å²) in [5.74, 6) is 0.696. The molecule has 0 bridgehead atoms. The average molecular weight is 173 g/mol. The molecule has 0 amide bonds. The van der Waals surface area contributed by atoms with Crippen LogP contribution in [0.5, 0.6) is 0 Å². The van der Waals surface area contributed by atoms with Crippen molar-refractivity contribution >= 4 is 17.7 Å². The summed E-state index contributed by atoms with van der Waals surface area (Å²) in [5.41, 5.74) is 0.924. The smallest absolute Gasteiger partial charge is 0.346 e. The topological polar surface area (TPSA) is 38.3 Å². The summed E-state index contributed by atoms with van der Waals surface area (Å²) < 4.78 is 4.60. The van der Waals surface area contributed by atoms with Crippen LogP contribution < -0.4 is 5.32 Å². The van der Waals surface area contributed by atoms with Crippen LogP contribution in [0.2, 0.25) is 0 Å². The third kappa shape index (κ3) is 1.89. The first-order chi connectivity index (χ1) is 5.25. The van der Waals surface area contributed by atoms with Gasteiger partial charge < -0.3 is 10.1 Å². The largest absolute Gasteiger partial charge is 0.465 e. The number of thioether (sulfide) groups is 1. The van der Waals surface area contributed by atoms with Gasteiger partial charge in [-0.15, -0.1) is 11.8 Å². The fourth-order valence-electron chi connectivity index (χ4n) is 0.885. The standard InChI is InChI=1S/C7H11NO2S/c1-5-6(7(9)10-2)11-4-3-8-5/h8H,3-4H2,1-2H3. The third-order valence-electron chi connectivity index (χ3n) is 1.45. The number of ether oxygens (including phenoxy) is 1. The molecule has 11 heavy (non-hydrogen) atoms. The minimum absolute atomic E-state index is 0.236. The van der Waals surface area contributed by atoms with Crippen LogP contribution in [0.4, 0.5) is 0 Å². The van der Waals surface area contributed by atoms with Gasteiger partial charge in [0.15, 0.2) is 0 Å². The number of hydrogen-bond acceptors (Lipinski definition) is 4. The Labute approximate surface area is 70.2 Å². The Balaban J connectivity index is 2.74. The molecule has 62 valence electrons. The first-order valence-electron chi connectivity index (χ1n) is 3.41. The van der Waals surface area contributed by atoms with Gasteiger partial charge in [0.1, 0.15) is 4.91 Å². The predicted molar refractivity (Wildman–Crippen MR) is 45.2 cm³/mol. The lowest BCUT2D eigenvalue weighted by Gasteiger charge is -2.16. The Kier molecular flexibility index (Phi) is 2.82. The highest BCUT2D eigenvalue weighted by atomic mass is 32.2. The Hall–Kier alpha value is -0.640. The second-order valence-electron chi connectivity index (χ2n) is 2.22. The van der Waals surface area contributed by atoms with E-state index in [9.17, 15) is 4.79 Å². The van der Waals surface area contributed by atoms with Gasteiger partial charge in [-0.25, -0.2) is 4.79 Å². The van der Waals surface area contributed by atoms with Crippen molar-refractivity contribution < 1.29 is 9.53 Å². The zero-order chi connectivity index (χ0) is 8.27. The number of nitrogens with one attached hydrogen (secondary N) is 1. The lowest BCUT2D eigenvalue weighted by Crippen LogP contribution is -2.23. The van der Waals surface area contributed by atoms with Crippen LogP contribution in [0.1, 0.15) is 6.92 Å². The van der Waals surface area contributed by atoms with Crippen molar-refractivity contribution in [3.63, 3.8) is 0 Å². The number of methoxy groups -OCH3 is 1. The quantitative estimate of drug-likeness (QED) is 0.593. The molecule has 0 atom stereocenters. The number of rotatable bonds is 1. The zero-order valence-electron chi connectivity index (χ0n) is 6.64. The molecular weight excluding hydrogens is 162 g/mol. The van der Waals surface area contributed by atoms with Crippen molar-refractivity contribution in [2.75, 3.05) is 19.4 Å². The molecule has 0 radical (unpaired) electrons. The van der Waals surface area contributed by atoms with E-state index < -0.39 is 0 Å². The van der Waals surface area contributed by atoms with Gasteiger partial charge in [-0.2, -0.15) is 0 Å². The maximum atomic E-state index is 11.0. The molecule has 0 spiro atoms. The minimum atomic E-state index is -0.236. The van der Waals surface area contributed by atoms with Gasteiger partial charge in [-0.1, -0.05) is 0 Å². The summed E-state index contributed by atoms with van der Waals surface area (Å²) in [4.78, 5) is 11.7. The van der Waals surface area contributed by atoms with E-state index in [2.05, 4.69) is 10.1 Å². The summed E-state index contributed by atoms with van der Waals surface area (Å²) in [6.07, 6.45) is 0. The van der Waals surface area contributed by atoms with E-state index in [0.717, 1.165) is 18.0 Å². The average Bonchev–Trinajstić information content (AvgIpc) is 2.04. The predicted octanol–water partition coefficient (Wildman–Crippen LogP) is 0.727. The summed E-state index contributed by atoms with van der Waals surface area (Å²) in [5, 5.41) is 3.11. The van der Waals surface area contributed by atoms with Crippen molar-refractivity contribution in [3.8, 4) is 0 Å². The number of allylic oxidation sites excluding steroid dienone is 1. The lowest BCUT2D eigenvalue weighted by molar-refractivity contribution is -0.135. The second kappa shape index (κ2) is 3.67. The first-order valence-corrected chi connectivity index (χ1v) is 4.40. The summed E-state index contributed by atoms with van der Waals surface area (Å²) in [6.45, 7) is 2.81. The van der Waals surface area contributed by atoms with Crippen LogP contribution in [-0.4, -0.2) is 25.4 Å². The summed E-state index contributed by atoms with van der Waals surface area (Å²) in [7, 11) is 1.40. The molecular formula is C7H11NO2S. The summed E-state index contributed by atoms with van der Waals surface area (Å²) in [6, 6.07) is 0. The molecule has 0 aliphatic carbocycles. The van der Waals surface area contributed by atoms with E-state index in [0.29, 0.717) is 4.91 Å². The van der Waals surface area contributed by atoms with E-state index >= 15 is 0 Å². The molecule has 0 fully saturated rings. The number of hydrogen-bond donors (Lipinski definition) is 1. The van der Waals surface area contributed by atoms with E-state index in [-0.39, 0.29) is 5.97 Å². The van der Waals surface area contributed by atoms with Crippen LogP contribution in [0, 0.1) is 0 Å². The molecule has 1 aliphatic heterocycles. The monoisotopic (exact) mass is 173 g/mol. The molecule has 1 N–H and O–H groups in total. The van der Waals surface area contributed by atoms with Gasteiger partial charge in [0.25, 0.3) is 0 Å². The molecule has 0 saturated heterocycles. The van der Waals surface area contributed by atoms with Crippen molar-refractivity contribution in [1.82, 2.24) is 5.32 Å². The molecule has 1 aliphatic rings. The molecule has 4 heteroatoms. The van der Waals surface area contributed by atoms with E-state index in [1.807, 2.05) is 6.92 Å². The van der Waals surface area contributed by atoms with E-state index in [4.69, 9.17) is 0 Å². The van der Waals surface area contributed by atoms with Crippen LogP contribution >= 0.6 is 11.8 Å². The normalized spacial score (nSPS) is 17.6.